The average molecular weight is 690 g/mol. The third-order valence-electron chi connectivity index (χ3n) is 3.90. The molecule has 1 saturated heterocycles. The molecule has 1 aromatic rings. The highest BCUT2D eigenvalue weighted by atomic mass is 127. The third-order valence-corrected chi connectivity index (χ3v) is 9.22. The molecule has 0 radical (unpaired) electrons. The molecule has 1 aliphatic heterocycles. The van der Waals surface area contributed by atoms with Crippen molar-refractivity contribution >= 4 is 83.6 Å². The second-order valence-electron chi connectivity index (χ2n) is 5.74. The fourth-order valence-electron chi connectivity index (χ4n) is 2.50. The SMILES string of the molecule is O=C(OCCCC[NH+]1CCS(=O)(=O)CC1)c1cc(I)cc(I)c1I. The van der Waals surface area contributed by atoms with Gasteiger partial charge < -0.3 is 9.64 Å². The van der Waals surface area contributed by atoms with Crippen LogP contribution in [0.4, 0.5) is 0 Å². The molecule has 1 fully saturated rings. The van der Waals surface area contributed by atoms with E-state index in [-0.39, 0.29) is 5.97 Å². The Bertz CT molecular complexity index is 695. The van der Waals surface area contributed by atoms with Crippen molar-refractivity contribution in [3.8, 4) is 0 Å². The van der Waals surface area contributed by atoms with Gasteiger partial charge in [0.2, 0.25) is 0 Å². The number of sulfone groups is 1. The summed E-state index contributed by atoms with van der Waals surface area (Å²) in [4.78, 5) is 13.5. The molecule has 0 spiro atoms. The molecular weight excluding hydrogens is 671 g/mol. The zero-order valence-corrected chi connectivity index (χ0v) is 20.3. The van der Waals surface area contributed by atoms with Crippen LogP contribution in [0.3, 0.4) is 0 Å². The minimum absolute atomic E-state index is 0.271. The van der Waals surface area contributed by atoms with Crippen molar-refractivity contribution in [2.45, 2.75) is 12.8 Å². The average Bonchev–Trinajstić information content (AvgIpc) is 2.51. The van der Waals surface area contributed by atoms with E-state index in [0.29, 0.717) is 36.8 Å². The molecule has 1 heterocycles. The number of halogens is 3. The van der Waals surface area contributed by atoms with Gasteiger partial charge in [-0.3, -0.25) is 0 Å². The maximum atomic E-state index is 12.2. The Balaban J connectivity index is 1.70. The minimum Gasteiger partial charge on any atom is -0.462 e. The van der Waals surface area contributed by atoms with Gasteiger partial charge in [0.15, 0.2) is 9.84 Å². The van der Waals surface area contributed by atoms with Crippen LogP contribution >= 0.6 is 67.8 Å². The molecule has 0 atom stereocenters. The molecule has 24 heavy (non-hydrogen) atoms. The predicted octanol–water partition coefficient (Wildman–Crippen LogP) is 1.75. The molecule has 0 unspecified atom stereocenters. The summed E-state index contributed by atoms with van der Waals surface area (Å²) in [5.41, 5.74) is 0.624. The number of carbonyl (C=O) groups is 1. The van der Waals surface area contributed by atoms with Crippen LogP contribution in [0.15, 0.2) is 12.1 Å². The number of quaternary nitrogens is 1. The maximum Gasteiger partial charge on any atom is 0.339 e. The number of ether oxygens (including phenoxy) is 1. The van der Waals surface area contributed by atoms with E-state index in [0.717, 1.165) is 30.1 Å². The van der Waals surface area contributed by atoms with Crippen LogP contribution in [0.5, 0.6) is 0 Å². The number of unbranched alkanes of at least 4 members (excludes halogenated alkanes) is 1. The van der Waals surface area contributed by atoms with E-state index in [1.807, 2.05) is 12.1 Å². The van der Waals surface area contributed by atoms with E-state index in [4.69, 9.17) is 4.74 Å². The van der Waals surface area contributed by atoms with Gasteiger partial charge in [-0.25, -0.2) is 13.2 Å². The third kappa shape index (κ3) is 6.50. The highest BCUT2D eigenvalue weighted by Crippen LogP contribution is 2.23. The molecule has 1 aliphatic rings. The molecule has 0 bridgehead atoms. The van der Waals surface area contributed by atoms with Crippen molar-refractivity contribution in [2.75, 3.05) is 37.7 Å². The van der Waals surface area contributed by atoms with Gasteiger partial charge in [-0.15, -0.1) is 0 Å². The lowest BCUT2D eigenvalue weighted by molar-refractivity contribution is -0.896. The number of carbonyl (C=O) groups excluding carboxylic acids is 1. The van der Waals surface area contributed by atoms with Gasteiger partial charge >= 0.3 is 5.97 Å². The Kier molecular flexibility index (Phi) is 8.48. The van der Waals surface area contributed by atoms with Crippen molar-refractivity contribution in [1.82, 2.24) is 0 Å². The van der Waals surface area contributed by atoms with Crippen molar-refractivity contribution in [3.05, 3.63) is 28.4 Å². The van der Waals surface area contributed by atoms with Crippen LogP contribution in [-0.4, -0.2) is 52.1 Å². The number of nitrogens with one attached hydrogen (secondary N) is 1. The van der Waals surface area contributed by atoms with E-state index in [2.05, 4.69) is 67.8 Å². The largest absolute Gasteiger partial charge is 0.462 e. The lowest BCUT2D eigenvalue weighted by Crippen LogP contribution is -3.14. The first-order chi connectivity index (χ1) is 11.3. The molecule has 2 rings (SSSR count). The Hall–Kier alpha value is 0.790. The monoisotopic (exact) mass is 690 g/mol. The van der Waals surface area contributed by atoms with Crippen molar-refractivity contribution in [1.29, 1.82) is 0 Å². The Morgan fingerprint density at radius 3 is 2.46 bits per heavy atom. The van der Waals surface area contributed by atoms with E-state index >= 15 is 0 Å². The second kappa shape index (κ2) is 9.65. The zero-order valence-electron chi connectivity index (χ0n) is 13.0. The first-order valence-electron chi connectivity index (χ1n) is 7.64. The standard InChI is InChI=1S/C15H18I3NO4S/c16-11-9-12(14(18)13(17)10-11)15(20)23-6-2-1-3-19-4-7-24(21,22)8-5-19/h9-10H,1-8H2/p+1. The lowest BCUT2D eigenvalue weighted by atomic mass is 10.2. The molecule has 5 nitrogen and oxygen atoms in total. The van der Waals surface area contributed by atoms with Gasteiger partial charge in [-0.1, -0.05) is 0 Å². The molecule has 134 valence electrons. The van der Waals surface area contributed by atoms with Gasteiger partial charge in [-0.2, -0.15) is 0 Å². The van der Waals surface area contributed by atoms with Crippen LogP contribution in [0.1, 0.15) is 23.2 Å². The summed E-state index contributed by atoms with van der Waals surface area (Å²) in [5.74, 6) is 0.314. The minimum atomic E-state index is -2.80. The van der Waals surface area contributed by atoms with Gasteiger partial charge in [0, 0.05) is 10.7 Å². The lowest BCUT2D eigenvalue weighted by Gasteiger charge is -2.23. The molecule has 0 saturated carbocycles. The summed E-state index contributed by atoms with van der Waals surface area (Å²) in [6.45, 7) is 2.73. The van der Waals surface area contributed by atoms with Gasteiger partial charge in [-0.05, 0) is 92.7 Å². The summed E-state index contributed by atoms with van der Waals surface area (Å²) in [7, 11) is -2.80. The Morgan fingerprint density at radius 1 is 1.12 bits per heavy atom. The van der Waals surface area contributed by atoms with Crippen LogP contribution in [-0.2, 0) is 14.6 Å². The zero-order chi connectivity index (χ0) is 17.7. The fraction of sp³-hybridized carbons (Fsp3) is 0.533. The van der Waals surface area contributed by atoms with E-state index < -0.39 is 9.84 Å². The number of hydrogen-bond donors (Lipinski definition) is 1. The molecule has 1 aromatic carbocycles. The topological polar surface area (TPSA) is 64.9 Å². The van der Waals surface area contributed by atoms with E-state index in [9.17, 15) is 13.2 Å². The van der Waals surface area contributed by atoms with Crippen LogP contribution in [0.25, 0.3) is 0 Å². The van der Waals surface area contributed by atoms with E-state index in [1.54, 1.807) is 0 Å². The number of benzene rings is 1. The second-order valence-corrected chi connectivity index (χ2v) is 11.5. The van der Waals surface area contributed by atoms with Crippen LogP contribution < -0.4 is 4.90 Å². The number of hydrogen-bond acceptors (Lipinski definition) is 4. The van der Waals surface area contributed by atoms with Crippen molar-refractivity contribution in [2.24, 2.45) is 0 Å². The smallest absolute Gasteiger partial charge is 0.339 e. The molecule has 0 aromatic heterocycles. The number of esters is 1. The van der Waals surface area contributed by atoms with Crippen molar-refractivity contribution < 1.29 is 22.8 Å². The molecule has 9 heteroatoms. The van der Waals surface area contributed by atoms with E-state index in [1.165, 1.54) is 4.90 Å². The summed E-state index contributed by atoms with van der Waals surface area (Å²) >= 11 is 6.59. The van der Waals surface area contributed by atoms with Crippen molar-refractivity contribution in [3.63, 3.8) is 0 Å². The quantitative estimate of drug-likeness (QED) is 0.214. The molecule has 1 N–H and O–H groups in total. The van der Waals surface area contributed by atoms with Gasteiger partial charge in [0.1, 0.15) is 0 Å². The summed E-state index contributed by atoms with van der Waals surface area (Å²) in [5, 5.41) is 0. The first kappa shape index (κ1) is 21.1. The normalized spacial score (nSPS) is 17.6. The summed E-state index contributed by atoms with van der Waals surface area (Å²) in [6.07, 6.45) is 1.74. The maximum absolute atomic E-state index is 12.2. The molecule has 0 amide bonds. The summed E-state index contributed by atoms with van der Waals surface area (Å²) < 4.78 is 31.2. The highest BCUT2D eigenvalue weighted by molar-refractivity contribution is 14.1. The first-order valence-corrected chi connectivity index (χ1v) is 12.7. The fourth-order valence-corrected chi connectivity index (χ4v) is 6.28. The van der Waals surface area contributed by atoms with Gasteiger partial charge in [0.05, 0.1) is 43.3 Å². The Labute approximate surface area is 183 Å². The summed E-state index contributed by atoms with van der Waals surface area (Å²) in [6, 6.07) is 3.88. The number of rotatable bonds is 6. The predicted molar refractivity (Wildman–Crippen MR) is 118 cm³/mol. The van der Waals surface area contributed by atoms with Crippen LogP contribution in [0.2, 0.25) is 0 Å². The highest BCUT2D eigenvalue weighted by Gasteiger charge is 2.24. The Morgan fingerprint density at radius 2 is 1.79 bits per heavy atom. The van der Waals surface area contributed by atoms with Gasteiger partial charge in [0.25, 0.3) is 0 Å². The molecule has 0 aliphatic carbocycles. The van der Waals surface area contributed by atoms with Crippen LogP contribution in [0, 0.1) is 10.7 Å². The molecular formula is C15H19I3NO4S+.